The summed E-state index contributed by atoms with van der Waals surface area (Å²) in [6, 6.07) is 10.00. The number of carbonyl (C=O) groups is 2. The van der Waals surface area contributed by atoms with E-state index in [1.807, 2.05) is 39.9 Å². The predicted octanol–water partition coefficient (Wildman–Crippen LogP) is 2.65. The SMILES string of the molecule is COC(=O)C1CCN(C(=O)CSc2nc(C3CC3)n(-c3ccccc3)n2)CC1. The van der Waals surface area contributed by atoms with E-state index in [-0.39, 0.29) is 17.8 Å². The highest BCUT2D eigenvalue weighted by molar-refractivity contribution is 7.99. The van der Waals surface area contributed by atoms with Gasteiger partial charge in [-0.05, 0) is 37.8 Å². The highest BCUT2D eigenvalue weighted by Gasteiger charge is 2.31. The number of ether oxygens (including phenoxy) is 1. The molecule has 4 rings (SSSR count). The summed E-state index contributed by atoms with van der Waals surface area (Å²) in [5.74, 6) is 1.56. The van der Waals surface area contributed by atoms with Crippen molar-refractivity contribution in [3.05, 3.63) is 36.2 Å². The number of thioether (sulfide) groups is 1. The topological polar surface area (TPSA) is 77.3 Å². The van der Waals surface area contributed by atoms with E-state index in [2.05, 4.69) is 5.10 Å². The van der Waals surface area contributed by atoms with Gasteiger partial charge in [0.1, 0.15) is 5.82 Å². The van der Waals surface area contributed by atoms with Gasteiger partial charge < -0.3 is 9.64 Å². The fourth-order valence-electron chi connectivity index (χ4n) is 3.48. The largest absolute Gasteiger partial charge is 0.469 e. The molecule has 0 atom stereocenters. The Bertz CT molecular complexity index is 842. The lowest BCUT2D eigenvalue weighted by molar-refractivity contribution is -0.148. The van der Waals surface area contributed by atoms with Gasteiger partial charge in [0.05, 0.1) is 24.5 Å². The van der Waals surface area contributed by atoms with Gasteiger partial charge in [0.25, 0.3) is 0 Å². The predicted molar refractivity (Wildman–Crippen MR) is 105 cm³/mol. The van der Waals surface area contributed by atoms with Crippen LogP contribution in [0.1, 0.15) is 37.4 Å². The molecule has 0 unspecified atom stereocenters. The number of amides is 1. The molecule has 2 aromatic rings. The molecule has 148 valence electrons. The van der Waals surface area contributed by atoms with Crippen LogP contribution in [0.4, 0.5) is 0 Å². The smallest absolute Gasteiger partial charge is 0.308 e. The van der Waals surface area contributed by atoms with Crippen LogP contribution in [0.5, 0.6) is 0 Å². The maximum Gasteiger partial charge on any atom is 0.308 e. The number of aromatic nitrogens is 3. The Balaban J connectivity index is 1.36. The van der Waals surface area contributed by atoms with Gasteiger partial charge in [0.15, 0.2) is 0 Å². The minimum atomic E-state index is -0.176. The molecular formula is C20H24N4O3S. The third-order valence-corrected chi connectivity index (χ3v) is 6.09. The van der Waals surface area contributed by atoms with Crippen molar-refractivity contribution in [3.63, 3.8) is 0 Å². The Labute approximate surface area is 168 Å². The molecule has 2 heterocycles. The van der Waals surface area contributed by atoms with Gasteiger partial charge in [-0.2, -0.15) is 0 Å². The first-order valence-corrected chi connectivity index (χ1v) is 10.6. The molecule has 1 aliphatic carbocycles. The minimum absolute atomic E-state index is 0.0670. The fraction of sp³-hybridized carbons (Fsp3) is 0.500. The third-order valence-electron chi connectivity index (χ3n) is 5.26. The van der Waals surface area contributed by atoms with E-state index in [9.17, 15) is 9.59 Å². The number of para-hydroxylation sites is 1. The molecular weight excluding hydrogens is 376 g/mol. The summed E-state index contributed by atoms with van der Waals surface area (Å²) in [5.41, 5.74) is 1.000. The first-order chi connectivity index (χ1) is 13.7. The number of likely N-dealkylation sites (tertiary alicyclic amines) is 1. The number of benzene rings is 1. The molecule has 0 radical (unpaired) electrons. The molecule has 2 fully saturated rings. The molecule has 1 aliphatic heterocycles. The number of piperidine rings is 1. The summed E-state index contributed by atoms with van der Waals surface area (Å²) >= 11 is 1.38. The number of carbonyl (C=O) groups excluding carboxylic acids is 2. The van der Waals surface area contributed by atoms with Crippen molar-refractivity contribution < 1.29 is 14.3 Å². The van der Waals surface area contributed by atoms with E-state index in [0.717, 1.165) is 24.4 Å². The van der Waals surface area contributed by atoms with Gasteiger partial charge in [0.2, 0.25) is 11.1 Å². The normalized spacial score (nSPS) is 17.5. The number of hydrogen-bond donors (Lipinski definition) is 0. The molecule has 0 spiro atoms. The van der Waals surface area contributed by atoms with E-state index in [1.165, 1.54) is 18.9 Å². The van der Waals surface area contributed by atoms with Crippen LogP contribution in [0.3, 0.4) is 0 Å². The van der Waals surface area contributed by atoms with Crippen molar-refractivity contribution in [2.45, 2.75) is 36.8 Å². The molecule has 0 bridgehead atoms. The van der Waals surface area contributed by atoms with Crippen LogP contribution in [0.15, 0.2) is 35.5 Å². The third kappa shape index (κ3) is 4.22. The molecule has 28 heavy (non-hydrogen) atoms. The van der Waals surface area contributed by atoms with Gasteiger partial charge in [-0.1, -0.05) is 30.0 Å². The summed E-state index contributed by atoms with van der Waals surface area (Å²) in [5, 5.41) is 5.28. The lowest BCUT2D eigenvalue weighted by Crippen LogP contribution is -2.41. The van der Waals surface area contributed by atoms with E-state index in [4.69, 9.17) is 9.72 Å². The van der Waals surface area contributed by atoms with Gasteiger partial charge in [0, 0.05) is 19.0 Å². The second-order valence-electron chi connectivity index (χ2n) is 7.24. The monoisotopic (exact) mass is 400 g/mol. The van der Waals surface area contributed by atoms with E-state index in [0.29, 0.717) is 42.8 Å². The molecule has 1 amide bonds. The summed E-state index contributed by atoms with van der Waals surface area (Å²) in [7, 11) is 1.41. The molecule has 2 aliphatic rings. The second kappa shape index (κ2) is 8.34. The van der Waals surface area contributed by atoms with Gasteiger partial charge in [-0.25, -0.2) is 9.67 Å². The van der Waals surface area contributed by atoms with Gasteiger partial charge in [-0.3, -0.25) is 9.59 Å². The van der Waals surface area contributed by atoms with Crippen molar-refractivity contribution in [3.8, 4) is 5.69 Å². The van der Waals surface area contributed by atoms with Gasteiger partial charge >= 0.3 is 5.97 Å². The Kier molecular flexibility index (Phi) is 5.66. The molecule has 1 saturated carbocycles. The van der Waals surface area contributed by atoms with Crippen molar-refractivity contribution in [2.75, 3.05) is 26.0 Å². The molecule has 0 N–H and O–H groups in total. The van der Waals surface area contributed by atoms with Crippen LogP contribution < -0.4 is 0 Å². The maximum absolute atomic E-state index is 12.6. The highest BCUT2D eigenvalue weighted by Crippen LogP contribution is 2.40. The van der Waals surface area contributed by atoms with Gasteiger partial charge in [-0.15, -0.1) is 5.10 Å². The second-order valence-corrected chi connectivity index (χ2v) is 8.18. The molecule has 1 aromatic heterocycles. The number of hydrogen-bond acceptors (Lipinski definition) is 6. The quantitative estimate of drug-likeness (QED) is 0.548. The summed E-state index contributed by atoms with van der Waals surface area (Å²) < 4.78 is 6.71. The number of methoxy groups -OCH3 is 1. The van der Waals surface area contributed by atoms with Crippen LogP contribution in [-0.2, 0) is 14.3 Å². The zero-order valence-electron chi connectivity index (χ0n) is 15.9. The fourth-order valence-corrected chi connectivity index (χ4v) is 4.21. The average molecular weight is 401 g/mol. The zero-order chi connectivity index (χ0) is 19.5. The van der Waals surface area contributed by atoms with E-state index in [1.54, 1.807) is 0 Å². The minimum Gasteiger partial charge on any atom is -0.469 e. The first-order valence-electron chi connectivity index (χ1n) is 9.66. The van der Waals surface area contributed by atoms with Crippen LogP contribution in [-0.4, -0.2) is 57.5 Å². The Morgan fingerprint density at radius 1 is 1.14 bits per heavy atom. The Morgan fingerprint density at radius 3 is 2.50 bits per heavy atom. The molecule has 1 aromatic carbocycles. The summed E-state index contributed by atoms with van der Waals surface area (Å²) in [4.78, 5) is 30.7. The Morgan fingerprint density at radius 2 is 1.86 bits per heavy atom. The van der Waals surface area contributed by atoms with Crippen molar-refractivity contribution in [2.24, 2.45) is 5.92 Å². The van der Waals surface area contributed by atoms with Crippen LogP contribution >= 0.6 is 11.8 Å². The van der Waals surface area contributed by atoms with Crippen LogP contribution in [0.2, 0.25) is 0 Å². The highest BCUT2D eigenvalue weighted by atomic mass is 32.2. The molecule has 7 nitrogen and oxygen atoms in total. The maximum atomic E-state index is 12.6. The molecule has 8 heteroatoms. The van der Waals surface area contributed by atoms with Crippen molar-refractivity contribution in [1.29, 1.82) is 0 Å². The van der Waals surface area contributed by atoms with Crippen molar-refractivity contribution >= 4 is 23.6 Å². The number of rotatable bonds is 6. The molecule has 1 saturated heterocycles. The summed E-state index contributed by atoms with van der Waals surface area (Å²) in [6.45, 7) is 1.19. The first kappa shape index (κ1) is 19.0. The zero-order valence-corrected chi connectivity index (χ0v) is 16.7. The number of nitrogens with zero attached hydrogens (tertiary/aromatic N) is 4. The Hall–Kier alpha value is -2.35. The standard InChI is InChI=1S/C20H24N4O3S/c1-27-19(26)15-9-11-23(12-10-15)17(25)13-28-20-21-18(14-7-8-14)24(22-20)16-5-3-2-4-6-16/h2-6,14-15H,7-13H2,1H3. The van der Waals surface area contributed by atoms with E-state index < -0.39 is 0 Å². The average Bonchev–Trinajstić information content (AvgIpc) is 3.51. The lowest BCUT2D eigenvalue weighted by atomic mass is 9.97. The van der Waals surface area contributed by atoms with E-state index >= 15 is 0 Å². The lowest BCUT2D eigenvalue weighted by Gasteiger charge is -2.30. The summed E-state index contributed by atoms with van der Waals surface area (Å²) in [6.07, 6.45) is 3.61. The van der Waals surface area contributed by atoms with Crippen LogP contribution in [0.25, 0.3) is 5.69 Å². The number of esters is 1. The van der Waals surface area contributed by atoms with Crippen LogP contribution in [0, 0.1) is 5.92 Å². The van der Waals surface area contributed by atoms with Crippen molar-refractivity contribution in [1.82, 2.24) is 19.7 Å².